The van der Waals surface area contributed by atoms with Crippen LogP contribution in [0.15, 0.2) is 24.3 Å². The highest BCUT2D eigenvalue weighted by Gasteiger charge is 2.15. The van der Waals surface area contributed by atoms with Crippen molar-refractivity contribution in [3.05, 3.63) is 29.8 Å². The number of carbonyl (C=O) groups is 2. The molecule has 1 aliphatic heterocycles. The minimum Gasteiger partial charge on any atom is -0.337 e. The predicted octanol–water partition coefficient (Wildman–Crippen LogP) is 2.86. The number of ketones is 1. The quantitative estimate of drug-likeness (QED) is 0.840. The van der Waals surface area contributed by atoms with Crippen LogP contribution in [-0.4, -0.2) is 40.9 Å². The summed E-state index contributed by atoms with van der Waals surface area (Å²) < 4.78 is 0. The highest BCUT2D eigenvalue weighted by Crippen LogP contribution is 2.23. The third kappa shape index (κ3) is 4.76. The molecule has 2 rings (SSSR count). The lowest BCUT2D eigenvalue weighted by Crippen LogP contribution is -2.36. The van der Waals surface area contributed by atoms with Crippen LogP contribution in [0.4, 0.5) is 10.5 Å². The second kappa shape index (κ2) is 7.59. The van der Waals surface area contributed by atoms with Gasteiger partial charge in [0.25, 0.3) is 0 Å². The molecule has 0 bridgehead atoms. The molecule has 1 saturated heterocycles. The molecule has 1 atom stereocenters. The van der Waals surface area contributed by atoms with Gasteiger partial charge < -0.3 is 10.6 Å². The largest absolute Gasteiger partial charge is 0.337 e. The van der Waals surface area contributed by atoms with Crippen molar-refractivity contribution in [2.75, 3.05) is 29.1 Å². The van der Waals surface area contributed by atoms with Gasteiger partial charge in [-0.25, -0.2) is 4.79 Å². The summed E-state index contributed by atoms with van der Waals surface area (Å²) in [6.07, 6.45) is 0. The maximum Gasteiger partial charge on any atom is 0.319 e. The van der Waals surface area contributed by atoms with Gasteiger partial charge in [0.2, 0.25) is 0 Å². The normalized spacial score (nSPS) is 18.4. The van der Waals surface area contributed by atoms with Crippen molar-refractivity contribution < 1.29 is 9.59 Å². The Kier molecular flexibility index (Phi) is 5.79. The van der Waals surface area contributed by atoms with Gasteiger partial charge in [-0.15, -0.1) is 0 Å². The average Bonchev–Trinajstić information content (AvgIpc) is 2.46. The molecule has 1 heterocycles. The first-order valence-electron chi connectivity index (χ1n) is 6.50. The summed E-state index contributed by atoms with van der Waals surface area (Å²) in [5.74, 6) is 3.43. The van der Waals surface area contributed by atoms with E-state index in [4.69, 9.17) is 0 Å². The van der Waals surface area contributed by atoms with Crippen molar-refractivity contribution in [2.45, 2.75) is 12.2 Å². The van der Waals surface area contributed by atoms with Gasteiger partial charge in [-0.2, -0.15) is 23.5 Å². The molecule has 0 spiro atoms. The lowest BCUT2D eigenvalue weighted by atomic mass is 10.1. The number of thioether (sulfide) groups is 2. The number of hydrogen-bond acceptors (Lipinski definition) is 4. The van der Waals surface area contributed by atoms with Crippen LogP contribution in [0.2, 0.25) is 0 Å². The van der Waals surface area contributed by atoms with Crippen LogP contribution in [0.25, 0.3) is 0 Å². The van der Waals surface area contributed by atoms with Crippen molar-refractivity contribution in [3.63, 3.8) is 0 Å². The Bertz CT molecular complexity index is 488. The number of anilines is 1. The van der Waals surface area contributed by atoms with E-state index in [0.717, 1.165) is 11.5 Å². The maximum atomic E-state index is 11.8. The third-order valence-corrected chi connectivity index (χ3v) is 5.75. The zero-order chi connectivity index (χ0) is 14.4. The van der Waals surface area contributed by atoms with E-state index >= 15 is 0 Å². The minimum absolute atomic E-state index is 0.00955. The molecule has 1 aromatic rings. The molecular formula is C14H18N2O2S2. The molecule has 6 heteroatoms. The topological polar surface area (TPSA) is 58.2 Å². The lowest BCUT2D eigenvalue weighted by Gasteiger charge is -2.21. The van der Waals surface area contributed by atoms with E-state index < -0.39 is 0 Å². The first-order chi connectivity index (χ1) is 9.65. The molecule has 0 radical (unpaired) electrons. The SMILES string of the molecule is CC(=O)c1cccc(NC(=O)NCC2CSCCS2)c1. The van der Waals surface area contributed by atoms with Crippen LogP contribution in [0.5, 0.6) is 0 Å². The van der Waals surface area contributed by atoms with Crippen molar-refractivity contribution in [1.82, 2.24) is 5.32 Å². The molecule has 108 valence electrons. The summed E-state index contributed by atoms with van der Waals surface area (Å²) >= 11 is 3.84. The van der Waals surface area contributed by atoms with Crippen molar-refractivity contribution in [1.29, 1.82) is 0 Å². The molecule has 2 N–H and O–H groups in total. The Morgan fingerprint density at radius 3 is 2.90 bits per heavy atom. The second-order valence-corrected chi connectivity index (χ2v) is 7.10. The molecule has 1 fully saturated rings. The van der Waals surface area contributed by atoms with E-state index in [1.807, 2.05) is 23.5 Å². The lowest BCUT2D eigenvalue weighted by molar-refractivity contribution is 0.101. The van der Waals surface area contributed by atoms with Crippen LogP contribution < -0.4 is 10.6 Å². The molecular weight excluding hydrogens is 292 g/mol. The zero-order valence-corrected chi connectivity index (χ0v) is 13.0. The van der Waals surface area contributed by atoms with Gasteiger partial charge in [-0.1, -0.05) is 12.1 Å². The fourth-order valence-electron chi connectivity index (χ4n) is 1.85. The Hall–Kier alpha value is -1.14. The molecule has 0 aliphatic carbocycles. The van der Waals surface area contributed by atoms with Gasteiger partial charge in [0.1, 0.15) is 0 Å². The van der Waals surface area contributed by atoms with E-state index in [2.05, 4.69) is 10.6 Å². The average molecular weight is 310 g/mol. The summed E-state index contributed by atoms with van der Waals surface area (Å²) in [4.78, 5) is 23.1. The number of urea groups is 1. The molecule has 0 saturated carbocycles. The number of rotatable bonds is 4. The number of benzene rings is 1. The summed E-state index contributed by atoms with van der Waals surface area (Å²) in [6.45, 7) is 2.19. The van der Waals surface area contributed by atoms with Crippen LogP contribution in [0.3, 0.4) is 0 Å². The third-order valence-electron chi connectivity index (χ3n) is 2.90. The smallest absolute Gasteiger partial charge is 0.319 e. The Morgan fingerprint density at radius 2 is 2.20 bits per heavy atom. The number of Topliss-reactive ketones (excluding diaryl/α,β-unsaturated/α-hetero) is 1. The molecule has 2 amide bonds. The molecule has 1 aromatic carbocycles. The van der Waals surface area contributed by atoms with Crippen LogP contribution in [-0.2, 0) is 0 Å². The molecule has 1 unspecified atom stereocenters. The molecule has 0 aromatic heterocycles. The first kappa shape index (κ1) is 15.3. The van der Waals surface area contributed by atoms with Gasteiger partial charge in [0.15, 0.2) is 5.78 Å². The minimum atomic E-state index is -0.220. The van der Waals surface area contributed by atoms with Gasteiger partial charge in [-0.3, -0.25) is 4.79 Å². The number of nitrogens with one attached hydrogen (secondary N) is 2. The Balaban J connectivity index is 1.81. The van der Waals surface area contributed by atoms with E-state index in [-0.39, 0.29) is 11.8 Å². The Morgan fingerprint density at radius 1 is 1.35 bits per heavy atom. The highest BCUT2D eigenvalue weighted by atomic mass is 32.2. The van der Waals surface area contributed by atoms with Gasteiger partial charge in [-0.05, 0) is 19.1 Å². The monoisotopic (exact) mass is 310 g/mol. The van der Waals surface area contributed by atoms with E-state index in [1.165, 1.54) is 12.7 Å². The van der Waals surface area contributed by atoms with Gasteiger partial charge >= 0.3 is 6.03 Å². The van der Waals surface area contributed by atoms with E-state index in [9.17, 15) is 9.59 Å². The predicted molar refractivity (Wildman–Crippen MR) is 87.0 cm³/mol. The fraction of sp³-hybridized carbons (Fsp3) is 0.429. The van der Waals surface area contributed by atoms with Crippen molar-refractivity contribution >= 4 is 41.0 Å². The van der Waals surface area contributed by atoms with Crippen LogP contribution >= 0.6 is 23.5 Å². The Labute approximate surface area is 127 Å². The zero-order valence-electron chi connectivity index (χ0n) is 11.3. The summed E-state index contributed by atoms with van der Waals surface area (Å²) in [6, 6.07) is 6.74. The highest BCUT2D eigenvalue weighted by molar-refractivity contribution is 8.06. The molecule has 1 aliphatic rings. The fourth-order valence-corrected chi connectivity index (χ4v) is 4.46. The maximum absolute atomic E-state index is 11.8. The van der Waals surface area contributed by atoms with E-state index in [1.54, 1.807) is 24.3 Å². The van der Waals surface area contributed by atoms with E-state index in [0.29, 0.717) is 23.0 Å². The number of amides is 2. The van der Waals surface area contributed by atoms with Gasteiger partial charge in [0, 0.05) is 40.3 Å². The van der Waals surface area contributed by atoms with Crippen LogP contribution in [0.1, 0.15) is 17.3 Å². The number of carbonyl (C=O) groups excluding carboxylic acids is 2. The number of hydrogen-bond donors (Lipinski definition) is 2. The second-order valence-electron chi connectivity index (χ2n) is 4.54. The molecule has 4 nitrogen and oxygen atoms in total. The first-order valence-corrected chi connectivity index (χ1v) is 8.70. The van der Waals surface area contributed by atoms with Crippen molar-refractivity contribution in [3.8, 4) is 0 Å². The summed E-state index contributed by atoms with van der Waals surface area (Å²) in [7, 11) is 0. The summed E-state index contributed by atoms with van der Waals surface area (Å²) in [5, 5.41) is 6.13. The standard InChI is InChI=1S/C14H18N2O2S2/c1-10(17)11-3-2-4-12(7-11)16-14(18)15-8-13-9-19-5-6-20-13/h2-4,7,13H,5-6,8-9H2,1H3,(H2,15,16,18). The summed E-state index contributed by atoms with van der Waals surface area (Å²) in [5.41, 5.74) is 1.24. The van der Waals surface area contributed by atoms with Gasteiger partial charge in [0.05, 0.1) is 0 Å². The molecule has 20 heavy (non-hydrogen) atoms. The van der Waals surface area contributed by atoms with Crippen LogP contribution in [0, 0.1) is 0 Å². The van der Waals surface area contributed by atoms with Crippen molar-refractivity contribution in [2.24, 2.45) is 0 Å².